The molecule has 0 unspecified atom stereocenters. The molecule has 134 valence electrons. The fraction of sp³-hybridized carbons (Fsp3) is 0.389. The molecule has 2 heterocycles. The summed E-state index contributed by atoms with van der Waals surface area (Å²) < 4.78 is 31.9. The molecule has 1 amide bonds. The average molecular weight is 362 g/mol. The van der Waals surface area contributed by atoms with E-state index >= 15 is 0 Å². The van der Waals surface area contributed by atoms with Crippen LogP contribution >= 0.6 is 0 Å². The second kappa shape index (κ2) is 7.01. The molecular weight excluding hydrogens is 340 g/mol. The lowest BCUT2D eigenvalue weighted by Crippen LogP contribution is -2.28. The van der Waals surface area contributed by atoms with Crippen molar-refractivity contribution in [1.82, 2.24) is 9.62 Å². The van der Waals surface area contributed by atoms with Gasteiger partial charge in [0.2, 0.25) is 10.0 Å². The highest BCUT2D eigenvalue weighted by Gasteiger charge is 2.27. The first kappa shape index (κ1) is 17.7. The molecule has 7 heteroatoms. The first-order valence-electron chi connectivity index (χ1n) is 8.32. The number of nitrogens with one attached hydrogen (secondary N) is 1. The molecule has 1 saturated heterocycles. The Kier molecular flexibility index (Phi) is 4.96. The zero-order chi connectivity index (χ0) is 18.0. The number of rotatable bonds is 5. The maximum absolute atomic E-state index is 12.5. The van der Waals surface area contributed by atoms with Crippen LogP contribution in [0.5, 0.6) is 0 Å². The number of carbonyl (C=O) groups excluding carboxylic acids is 1. The van der Waals surface area contributed by atoms with Gasteiger partial charge in [0.15, 0.2) is 0 Å². The highest BCUT2D eigenvalue weighted by molar-refractivity contribution is 7.89. The zero-order valence-electron chi connectivity index (χ0n) is 14.4. The third-order valence-corrected chi connectivity index (χ3v) is 6.32. The summed E-state index contributed by atoms with van der Waals surface area (Å²) in [6.45, 7) is 5.21. The van der Waals surface area contributed by atoms with E-state index in [2.05, 4.69) is 5.32 Å². The maximum Gasteiger partial charge on any atom is 0.251 e. The van der Waals surface area contributed by atoms with E-state index in [9.17, 15) is 13.2 Å². The van der Waals surface area contributed by atoms with Crippen LogP contribution in [0.1, 0.15) is 40.3 Å². The summed E-state index contributed by atoms with van der Waals surface area (Å²) in [5.41, 5.74) is 1.36. The van der Waals surface area contributed by atoms with E-state index in [0.717, 1.165) is 29.9 Å². The van der Waals surface area contributed by atoms with E-state index in [1.54, 1.807) is 12.1 Å². The number of amides is 1. The SMILES string of the molecule is Cc1cc(CNC(=O)c2ccc(S(=O)(=O)N3CCCC3)cc2)c(C)o1. The van der Waals surface area contributed by atoms with Crippen LogP contribution < -0.4 is 5.32 Å². The van der Waals surface area contributed by atoms with Crippen molar-refractivity contribution in [1.29, 1.82) is 0 Å². The fourth-order valence-electron chi connectivity index (χ4n) is 2.99. The highest BCUT2D eigenvalue weighted by atomic mass is 32.2. The Hall–Kier alpha value is -2.12. The molecule has 3 rings (SSSR count). The molecule has 0 aliphatic carbocycles. The van der Waals surface area contributed by atoms with Gasteiger partial charge in [0, 0.05) is 30.8 Å². The lowest BCUT2D eigenvalue weighted by Gasteiger charge is -2.15. The minimum Gasteiger partial charge on any atom is -0.466 e. The number of nitrogens with zero attached hydrogens (tertiary/aromatic N) is 1. The molecule has 0 atom stereocenters. The van der Waals surface area contributed by atoms with Gasteiger partial charge in [0.05, 0.1) is 4.90 Å². The monoisotopic (exact) mass is 362 g/mol. The van der Waals surface area contributed by atoms with Crippen LogP contribution in [0.3, 0.4) is 0 Å². The summed E-state index contributed by atoms with van der Waals surface area (Å²) in [6, 6.07) is 7.98. The number of hydrogen-bond donors (Lipinski definition) is 1. The number of sulfonamides is 1. The second-order valence-electron chi connectivity index (χ2n) is 6.26. The van der Waals surface area contributed by atoms with Gasteiger partial charge in [-0.2, -0.15) is 4.31 Å². The predicted octanol–water partition coefficient (Wildman–Crippen LogP) is 2.61. The highest BCUT2D eigenvalue weighted by Crippen LogP contribution is 2.21. The van der Waals surface area contributed by atoms with Gasteiger partial charge in [-0.3, -0.25) is 4.79 Å². The van der Waals surface area contributed by atoms with Crippen molar-refractivity contribution in [3.8, 4) is 0 Å². The quantitative estimate of drug-likeness (QED) is 0.887. The Balaban J connectivity index is 1.67. The molecule has 0 saturated carbocycles. The molecule has 0 radical (unpaired) electrons. The molecule has 1 aliphatic rings. The van der Waals surface area contributed by atoms with Crippen molar-refractivity contribution >= 4 is 15.9 Å². The summed E-state index contributed by atoms with van der Waals surface area (Å²) in [6.07, 6.45) is 1.79. The first-order chi connectivity index (χ1) is 11.9. The van der Waals surface area contributed by atoms with Crippen LogP contribution in [0.4, 0.5) is 0 Å². The van der Waals surface area contributed by atoms with Gasteiger partial charge >= 0.3 is 0 Å². The number of benzene rings is 1. The van der Waals surface area contributed by atoms with Crippen molar-refractivity contribution in [2.45, 2.75) is 38.1 Å². The Morgan fingerprint density at radius 1 is 1.16 bits per heavy atom. The van der Waals surface area contributed by atoms with Gasteiger partial charge in [0.1, 0.15) is 11.5 Å². The summed E-state index contributed by atoms with van der Waals surface area (Å²) in [4.78, 5) is 12.5. The predicted molar refractivity (Wildman–Crippen MR) is 93.8 cm³/mol. The van der Waals surface area contributed by atoms with E-state index in [0.29, 0.717) is 25.2 Å². The second-order valence-corrected chi connectivity index (χ2v) is 8.19. The molecule has 1 aromatic heterocycles. The lowest BCUT2D eigenvalue weighted by atomic mass is 10.2. The normalized spacial score (nSPS) is 15.4. The van der Waals surface area contributed by atoms with Crippen LogP contribution in [0.2, 0.25) is 0 Å². The number of carbonyl (C=O) groups is 1. The molecule has 6 nitrogen and oxygen atoms in total. The summed E-state index contributed by atoms with van der Waals surface area (Å²) in [5, 5.41) is 2.82. The molecule has 1 N–H and O–H groups in total. The zero-order valence-corrected chi connectivity index (χ0v) is 15.2. The smallest absolute Gasteiger partial charge is 0.251 e. The third-order valence-electron chi connectivity index (χ3n) is 4.40. The van der Waals surface area contributed by atoms with E-state index < -0.39 is 10.0 Å². The summed E-state index contributed by atoms with van der Waals surface area (Å²) >= 11 is 0. The van der Waals surface area contributed by atoms with E-state index in [1.807, 2.05) is 19.9 Å². The average Bonchev–Trinajstić information content (AvgIpc) is 3.23. The van der Waals surface area contributed by atoms with Gasteiger partial charge in [-0.1, -0.05) is 0 Å². The van der Waals surface area contributed by atoms with Crippen LogP contribution in [-0.4, -0.2) is 31.7 Å². The molecule has 25 heavy (non-hydrogen) atoms. The summed E-state index contributed by atoms with van der Waals surface area (Å²) in [5.74, 6) is 1.34. The first-order valence-corrected chi connectivity index (χ1v) is 9.76. The van der Waals surface area contributed by atoms with E-state index in [-0.39, 0.29) is 10.8 Å². The fourth-order valence-corrected chi connectivity index (χ4v) is 4.51. The Morgan fingerprint density at radius 3 is 2.36 bits per heavy atom. The van der Waals surface area contributed by atoms with E-state index in [1.165, 1.54) is 16.4 Å². The van der Waals surface area contributed by atoms with Gasteiger partial charge in [0.25, 0.3) is 5.91 Å². The largest absolute Gasteiger partial charge is 0.466 e. The standard InChI is InChI=1S/C18H22N2O4S/c1-13-11-16(14(2)24-13)12-19-18(21)15-5-7-17(8-6-15)25(22,23)20-9-3-4-10-20/h5-8,11H,3-4,9-10,12H2,1-2H3,(H,19,21). The van der Waals surface area contributed by atoms with Crippen LogP contribution in [0.25, 0.3) is 0 Å². The number of furan rings is 1. The minimum absolute atomic E-state index is 0.229. The van der Waals surface area contributed by atoms with Crippen molar-refractivity contribution in [3.05, 3.63) is 53.0 Å². The third kappa shape index (κ3) is 3.77. The lowest BCUT2D eigenvalue weighted by molar-refractivity contribution is 0.0950. The van der Waals surface area contributed by atoms with Gasteiger partial charge < -0.3 is 9.73 Å². The molecule has 2 aromatic rings. The number of aryl methyl sites for hydroxylation is 2. The maximum atomic E-state index is 12.5. The number of hydrogen-bond acceptors (Lipinski definition) is 4. The molecular formula is C18H22N2O4S. The van der Waals surface area contributed by atoms with Gasteiger partial charge in [-0.15, -0.1) is 0 Å². The van der Waals surface area contributed by atoms with Gasteiger partial charge in [-0.25, -0.2) is 8.42 Å². The van der Waals surface area contributed by atoms with E-state index in [4.69, 9.17) is 4.42 Å². The molecule has 1 aromatic carbocycles. The van der Waals surface area contributed by atoms with Crippen molar-refractivity contribution in [2.24, 2.45) is 0 Å². The minimum atomic E-state index is -3.45. The molecule has 0 spiro atoms. The molecule has 0 bridgehead atoms. The topological polar surface area (TPSA) is 79.6 Å². The van der Waals surface area contributed by atoms with Crippen LogP contribution in [0.15, 0.2) is 39.6 Å². The van der Waals surface area contributed by atoms with Crippen molar-refractivity contribution < 1.29 is 17.6 Å². The van der Waals surface area contributed by atoms with Crippen LogP contribution in [0, 0.1) is 13.8 Å². The summed E-state index contributed by atoms with van der Waals surface area (Å²) in [7, 11) is -3.45. The Bertz CT molecular complexity index is 863. The molecule has 1 aliphatic heterocycles. The van der Waals surface area contributed by atoms with Crippen LogP contribution in [-0.2, 0) is 16.6 Å². The Labute approximate surface area is 147 Å². The Morgan fingerprint density at radius 2 is 1.80 bits per heavy atom. The molecule has 1 fully saturated rings. The van der Waals surface area contributed by atoms with Crippen molar-refractivity contribution in [3.63, 3.8) is 0 Å². The van der Waals surface area contributed by atoms with Gasteiger partial charge in [-0.05, 0) is 57.0 Å². The van der Waals surface area contributed by atoms with Crippen molar-refractivity contribution in [2.75, 3.05) is 13.1 Å².